The molecule has 7 heteroatoms. The van der Waals surface area contributed by atoms with Gasteiger partial charge in [-0.2, -0.15) is 8.78 Å². The second-order valence-electron chi connectivity index (χ2n) is 5.00. The van der Waals surface area contributed by atoms with Crippen LogP contribution in [0.1, 0.15) is 5.56 Å². The number of benzene rings is 2. The van der Waals surface area contributed by atoms with Crippen molar-refractivity contribution >= 4 is 5.96 Å². The van der Waals surface area contributed by atoms with Gasteiger partial charge in [-0.3, -0.25) is 4.99 Å². The van der Waals surface area contributed by atoms with Gasteiger partial charge in [-0.1, -0.05) is 36.4 Å². The SMILES string of the molecule is CN=C(NCCOc1ccccc1)NCc1ccccc1OC(F)F. The van der Waals surface area contributed by atoms with E-state index in [1.165, 1.54) is 6.07 Å². The first-order valence-corrected chi connectivity index (χ1v) is 7.84. The van der Waals surface area contributed by atoms with Crippen LogP contribution in [0.15, 0.2) is 59.6 Å². The molecule has 0 radical (unpaired) electrons. The summed E-state index contributed by atoms with van der Waals surface area (Å²) in [5.41, 5.74) is 0.617. The molecule has 25 heavy (non-hydrogen) atoms. The number of aliphatic imine (C=N–C) groups is 1. The molecule has 0 amide bonds. The molecule has 0 fully saturated rings. The van der Waals surface area contributed by atoms with Gasteiger partial charge in [0.15, 0.2) is 5.96 Å². The molecule has 0 aliphatic carbocycles. The van der Waals surface area contributed by atoms with Gasteiger partial charge in [0.25, 0.3) is 0 Å². The molecule has 0 spiro atoms. The minimum absolute atomic E-state index is 0.146. The number of guanidine groups is 1. The van der Waals surface area contributed by atoms with Crippen molar-refractivity contribution in [2.24, 2.45) is 4.99 Å². The Balaban J connectivity index is 1.77. The molecular formula is C18H21F2N3O2. The summed E-state index contributed by atoms with van der Waals surface area (Å²) in [6.07, 6.45) is 0. The van der Waals surface area contributed by atoms with Crippen molar-refractivity contribution in [3.63, 3.8) is 0 Å². The van der Waals surface area contributed by atoms with Crippen molar-refractivity contribution in [1.29, 1.82) is 0 Å². The summed E-state index contributed by atoms with van der Waals surface area (Å²) in [4.78, 5) is 4.09. The third-order valence-electron chi connectivity index (χ3n) is 3.26. The topological polar surface area (TPSA) is 54.9 Å². The Morgan fingerprint density at radius 2 is 1.76 bits per heavy atom. The van der Waals surface area contributed by atoms with Gasteiger partial charge in [0.2, 0.25) is 0 Å². The van der Waals surface area contributed by atoms with Crippen LogP contribution in [0.4, 0.5) is 8.78 Å². The Bertz CT molecular complexity index is 666. The van der Waals surface area contributed by atoms with Crippen LogP contribution in [0, 0.1) is 0 Å². The highest BCUT2D eigenvalue weighted by atomic mass is 19.3. The third-order valence-corrected chi connectivity index (χ3v) is 3.26. The molecule has 2 N–H and O–H groups in total. The highest BCUT2D eigenvalue weighted by Crippen LogP contribution is 2.19. The van der Waals surface area contributed by atoms with Gasteiger partial charge in [0.05, 0.1) is 6.54 Å². The molecule has 0 unspecified atom stereocenters. The lowest BCUT2D eigenvalue weighted by atomic mass is 10.2. The zero-order valence-corrected chi connectivity index (χ0v) is 13.9. The molecule has 0 aromatic heterocycles. The second kappa shape index (κ2) is 10.1. The van der Waals surface area contributed by atoms with Gasteiger partial charge in [-0.05, 0) is 18.2 Å². The summed E-state index contributed by atoms with van der Waals surface area (Å²) in [5.74, 6) is 1.49. The van der Waals surface area contributed by atoms with Crippen LogP contribution in [-0.4, -0.2) is 32.8 Å². The summed E-state index contributed by atoms with van der Waals surface area (Å²) in [5, 5.41) is 6.15. The predicted octanol–water partition coefficient (Wildman–Crippen LogP) is 3.03. The molecule has 0 bridgehead atoms. The zero-order chi connectivity index (χ0) is 17.9. The minimum atomic E-state index is -2.85. The quantitative estimate of drug-likeness (QED) is 0.437. The van der Waals surface area contributed by atoms with Gasteiger partial charge in [0, 0.05) is 19.2 Å². The molecule has 0 aliphatic heterocycles. The average Bonchev–Trinajstić information content (AvgIpc) is 2.62. The van der Waals surface area contributed by atoms with Crippen LogP contribution in [0.2, 0.25) is 0 Å². The zero-order valence-electron chi connectivity index (χ0n) is 13.9. The van der Waals surface area contributed by atoms with Crippen molar-refractivity contribution in [3.05, 3.63) is 60.2 Å². The molecule has 0 aliphatic rings. The molecule has 0 heterocycles. The summed E-state index contributed by atoms with van der Waals surface area (Å²) >= 11 is 0. The van der Waals surface area contributed by atoms with Gasteiger partial charge >= 0.3 is 6.61 Å². The van der Waals surface area contributed by atoms with Crippen molar-refractivity contribution in [1.82, 2.24) is 10.6 Å². The second-order valence-corrected chi connectivity index (χ2v) is 5.00. The molecule has 0 saturated heterocycles. The number of nitrogens with one attached hydrogen (secondary N) is 2. The van der Waals surface area contributed by atoms with Crippen LogP contribution in [0.5, 0.6) is 11.5 Å². The Hall–Kier alpha value is -2.83. The van der Waals surface area contributed by atoms with Gasteiger partial charge in [-0.15, -0.1) is 0 Å². The van der Waals surface area contributed by atoms with Crippen molar-refractivity contribution in [2.45, 2.75) is 13.2 Å². The van der Waals surface area contributed by atoms with E-state index in [-0.39, 0.29) is 5.75 Å². The van der Waals surface area contributed by atoms with E-state index in [1.54, 1.807) is 25.2 Å². The first-order valence-electron chi connectivity index (χ1n) is 7.84. The fourth-order valence-corrected chi connectivity index (χ4v) is 2.12. The molecule has 0 saturated carbocycles. The standard InChI is InChI=1S/C18H21F2N3O2/c1-21-18(22-11-12-24-15-8-3-2-4-9-15)23-13-14-7-5-6-10-16(14)25-17(19)20/h2-10,17H,11-13H2,1H3,(H2,21,22,23). The Labute approximate surface area is 145 Å². The van der Waals surface area contributed by atoms with Gasteiger partial charge in [0.1, 0.15) is 18.1 Å². The maximum absolute atomic E-state index is 12.4. The van der Waals surface area contributed by atoms with E-state index in [9.17, 15) is 8.78 Å². The molecule has 2 aromatic carbocycles. The van der Waals surface area contributed by atoms with Crippen LogP contribution in [0.3, 0.4) is 0 Å². The van der Waals surface area contributed by atoms with E-state index < -0.39 is 6.61 Å². The number of rotatable bonds is 8. The van der Waals surface area contributed by atoms with E-state index >= 15 is 0 Å². The first-order chi connectivity index (χ1) is 12.2. The summed E-state index contributed by atoms with van der Waals surface area (Å²) in [7, 11) is 1.63. The van der Waals surface area contributed by atoms with E-state index in [0.29, 0.717) is 31.2 Å². The van der Waals surface area contributed by atoms with Crippen LogP contribution in [-0.2, 0) is 6.54 Å². The molecule has 2 rings (SSSR count). The maximum atomic E-state index is 12.4. The lowest BCUT2D eigenvalue weighted by Crippen LogP contribution is -2.39. The molecular weight excluding hydrogens is 328 g/mol. The normalized spacial score (nSPS) is 11.3. The fourth-order valence-electron chi connectivity index (χ4n) is 2.12. The minimum Gasteiger partial charge on any atom is -0.492 e. The molecule has 134 valence electrons. The van der Waals surface area contributed by atoms with Gasteiger partial charge < -0.3 is 20.1 Å². The van der Waals surface area contributed by atoms with E-state index in [4.69, 9.17) is 4.74 Å². The number of hydrogen-bond acceptors (Lipinski definition) is 3. The average molecular weight is 349 g/mol. The highest BCUT2D eigenvalue weighted by Gasteiger charge is 2.09. The fraction of sp³-hybridized carbons (Fsp3) is 0.278. The number of nitrogens with zero attached hydrogens (tertiary/aromatic N) is 1. The predicted molar refractivity (Wildman–Crippen MR) is 93.2 cm³/mol. The van der Waals surface area contributed by atoms with Crippen LogP contribution in [0.25, 0.3) is 0 Å². The molecule has 0 atom stereocenters. The summed E-state index contributed by atoms with van der Waals surface area (Å²) in [6.45, 7) is -1.53. The van der Waals surface area contributed by atoms with Gasteiger partial charge in [-0.25, -0.2) is 0 Å². The van der Waals surface area contributed by atoms with Crippen molar-refractivity contribution in [2.75, 3.05) is 20.2 Å². The number of halogens is 2. The van der Waals surface area contributed by atoms with Crippen LogP contribution < -0.4 is 20.1 Å². The van der Waals surface area contributed by atoms with E-state index in [2.05, 4.69) is 20.4 Å². The monoisotopic (exact) mass is 349 g/mol. The number of para-hydroxylation sites is 2. The van der Waals surface area contributed by atoms with Crippen LogP contribution >= 0.6 is 0 Å². The lowest BCUT2D eigenvalue weighted by molar-refractivity contribution is -0.0504. The Morgan fingerprint density at radius 3 is 2.48 bits per heavy atom. The van der Waals surface area contributed by atoms with E-state index in [0.717, 1.165) is 5.75 Å². The number of ether oxygens (including phenoxy) is 2. The Morgan fingerprint density at radius 1 is 1.04 bits per heavy atom. The largest absolute Gasteiger partial charge is 0.492 e. The summed E-state index contributed by atoms with van der Waals surface area (Å²) in [6, 6.07) is 16.1. The third kappa shape index (κ3) is 6.66. The molecule has 2 aromatic rings. The first kappa shape index (κ1) is 18.5. The lowest BCUT2D eigenvalue weighted by Gasteiger charge is -2.14. The maximum Gasteiger partial charge on any atom is 0.387 e. The number of hydrogen-bond donors (Lipinski definition) is 2. The summed E-state index contributed by atoms with van der Waals surface area (Å²) < 4.78 is 34.9. The van der Waals surface area contributed by atoms with E-state index in [1.807, 2.05) is 30.3 Å². The van der Waals surface area contributed by atoms with Crippen molar-refractivity contribution < 1.29 is 18.3 Å². The number of alkyl halides is 2. The molecule has 5 nitrogen and oxygen atoms in total. The smallest absolute Gasteiger partial charge is 0.387 e. The Kier molecular flexibility index (Phi) is 7.49. The van der Waals surface area contributed by atoms with Crippen molar-refractivity contribution in [3.8, 4) is 11.5 Å². The highest BCUT2D eigenvalue weighted by molar-refractivity contribution is 5.79.